The lowest BCUT2D eigenvalue weighted by atomic mass is 10.2. The summed E-state index contributed by atoms with van der Waals surface area (Å²) in [6.07, 6.45) is 0. The van der Waals surface area contributed by atoms with Gasteiger partial charge in [-0.05, 0) is 38.5 Å². The summed E-state index contributed by atoms with van der Waals surface area (Å²) < 4.78 is 5.37. The molecular weight excluding hydrogens is 216 g/mol. The Labute approximate surface area is 102 Å². The fraction of sp³-hybridized carbons (Fsp3) is 0.462. The van der Waals surface area contributed by atoms with E-state index in [0.29, 0.717) is 6.54 Å². The molecule has 0 heterocycles. The average Bonchev–Trinajstić information content (AvgIpc) is 2.25. The fourth-order valence-corrected chi connectivity index (χ4v) is 1.17. The van der Waals surface area contributed by atoms with Gasteiger partial charge in [0.2, 0.25) is 5.91 Å². The van der Waals surface area contributed by atoms with Gasteiger partial charge >= 0.3 is 0 Å². The number of rotatable bonds is 4. The minimum absolute atomic E-state index is 0.0818. The Hall–Kier alpha value is -1.55. The summed E-state index contributed by atoms with van der Waals surface area (Å²) in [6.45, 7) is 6.33. The normalized spacial score (nSPS) is 11.2. The highest BCUT2D eigenvalue weighted by molar-refractivity contribution is 5.77. The van der Waals surface area contributed by atoms with E-state index < -0.39 is 0 Å². The van der Waals surface area contributed by atoms with Gasteiger partial charge < -0.3 is 15.8 Å². The monoisotopic (exact) mass is 236 g/mol. The minimum Gasteiger partial charge on any atom is -0.399 e. The molecule has 94 valence electrons. The number of benzene rings is 1. The molecule has 1 amide bonds. The third-order valence-electron chi connectivity index (χ3n) is 2.11. The van der Waals surface area contributed by atoms with Crippen LogP contribution < -0.4 is 11.1 Å². The van der Waals surface area contributed by atoms with E-state index in [1.165, 1.54) is 0 Å². The number of amides is 1. The molecule has 0 bridgehead atoms. The van der Waals surface area contributed by atoms with Gasteiger partial charge in [-0.2, -0.15) is 0 Å². The highest BCUT2D eigenvalue weighted by Crippen LogP contribution is 2.06. The van der Waals surface area contributed by atoms with Crippen LogP contribution in [0.3, 0.4) is 0 Å². The third kappa shape index (κ3) is 5.92. The van der Waals surface area contributed by atoms with E-state index in [2.05, 4.69) is 5.32 Å². The summed E-state index contributed by atoms with van der Waals surface area (Å²) in [6, 6.07) is 7.40. The molecule has 3 N–H and O–H groups in total. The average molecular weight is 236 g/mol. The zero-order valence-electron chi connectivity index (χ0n) is 10.6. The van der Waals surface area contributed by atoms with Gasteiger partial charge in [0.1, 0.15) is 6.61 Å². The molecule has 1 aromatic rings. The number of hydrogen-bond acceptors (Lipinski definition) is 3. The Morgan fingerprint density at radius 3 is 2.41 bits per heavy atom. The van der Waals surface area contributed by atoms with E-state index in [4.69, 9.17) is 10.5 Å². The molecule has 4 heteroatoms. The third-order valence-corrected chi connectivity index (χ3v) is 2.11. The second-order valence-corrected chi connectivity index (χ2v) is 4.92. The first-order chi connectivity index (χ1) is 7.87. The van der Waals surface area contributed by atoms with Crippen LogP contribution >= 0.6 is 0 Å². The van der Waals surface area contributed by atoms with Crippen molar-refractivity contribution >= 4 is 11.6 Å². The maximum absolute atomic E-state index is 11.5. The van der Waals surface area contributed by atoms with Crippen LogP contribution in [0, 0.1) is 0 Å². The molecule has 0 radical (unpaired) electrons. The lowest BCUT2D eigenvalue weighted by Gasteiger charge is -2.18. The molecule has 17 heavy (non-hydrogen) atoms. The maximum Gasteiger partial charge on any atom is 0.246 e. The molecule has 0 aromatic heterocycles. The van der Waals surface area contributed by atoms with Gasteiger partial charge in [-0.25, -0.2) is 0 Å². The molecule has 0 spiro atoms. The van der Waals surface area contributed by atoms with Crippen molar-refractivity contribution in [2.24, 2.45) is 0 Å². The predicted octanol–water partition coefficient (Wildman–Crippen LogP) is 1.70. The summed E-state index contributed by atoms with van der Waals surface area (Å²) in [5.74, 6) is -0.114. The minimum atomic E-state index is -0.293. The van der Waals surface area contributed by atoms with Crippen LogP contribution in [0.1, 0.15) is 26.3 Å². The first-order valence-electron chi connectivity index (χ1n) is 5.62. The van der Waals surface area contributed by atoms with Gasteiger partial charge in [0.15, 0.2) is 0 Å². The highest BCUT2D eigenvalue weighted by Gasteiger charge is 2.12. The first kappa shape index (κ1) is 13.5. The van der Waals surface area contributed by atoms with E-state index in [-0.39, 0.29) is 18.1 Å². The molecule has 0 saturated carbocycles. The summed E-state index contributed by atoms with van der Waals surface area (Å²) in [7, 11) is 0. The van der Waals surface area contributed by atoms with Crippen LogP contribution in [0.25, 0.3) is 0 Å². The quantitative estimate of drug-likeness (QED) is 0.782. The molecule has 0 aliphatic heterocycles. The zero-order chi connectivity index (χ0) is 12.9. The topological polar surface area (TPSA) is 64.3 Å². The van der Waals surface area contributed by atoms with E-state index in [1.807, 2.05) is 45.0 Å². The van der Waals surface area contributed by atoms with Crippen LogP contribution in [-0.2, 0) is 16.1 Å². The summed E-state index contributed by atoms with van der Waals surface area (Å²) >= 11 is 0. The fourth-order valence-electron chi connectivity index (χ4n) is 1.17. The first-order valence-corrected chi connectivity index (χ1v) is 5.62. The van der Waals surface area contributed by atoms with Crippen molar-refractivity contribution in [3.63, 3.8) is 0 Å². The van der Waals surface area contributed by atoms with Crippen LogP contribution in [0.4, 0.5) is 5.69 Å². The van der Waals surface area contributed by atoms with E-state index in [9.17, 15) is 4.79 Å². The van der Waals surface area contributed by atoms with Crippen molar-refractivity contribution in [3.8, 4) is 0 Å². The van der Waals surface area contributed by atoms with Crippen molar-refractivity contribution in [1.29, 1.82) is 0 Å². The maximum atomic E-state index is 11.5. The Morgan fingerprint density at radius 1 is 1.29 bits per heavy atom. The van der Waals surface area contributed by atoms with E-state index in [0.717, 1.165) is 11.3 Å². The number of nitrogens with two attached hydrogens (primary N) is 1. The molecular formula is C13H20N2O2. The SMILES string of the molecule is CC(C)(C)OCC(=O)NCc1ccc(N)cc1. The second kappa shape index (κ2) is 5.68. The highest BCUT2D eigenvalue weighted by atomic mass is 16.5. The Balaban J connectivity index is 2.31. The van der Waals surface area contributed by atoms with E-state index >= 15 is 0 Å². The largest absolute Gasteiger partial charge is 0.399 e. The Bertz CT molecular complexity index is 366. The van der Waals surface area contributed by atoms with Crippen molar-refractivity contribution in [3.05, 3.63) is 29.8 Å². The van der Waals surface area contributed by atoms with Crippen molar-refractivity contribution in [2.75, 3.05) is 12.3 Å². The number of carbonyl (C=O) groups excluding carboxylic acids is 1. The lowest BCUT2D eigenvalue weighted by molar-refractivity contribution is -0.130. The Morgan fingerprint density at radius 2 is 1.88 bits per heavy atom. The Kier molecular flexibility index (Phi) is 4.52. The summed E-state index contributed by atoms with van der Waals surface area (Å²) in [5.41, 5.74) is 7.01. The van der Waals surface area contributed by atoms with E-state index in [1.54, 1.807) is 0 Å². The smallest absolute Gasteiger partial charge is 0.246 e. The number of carbonyl (C=O) groups is 1. The zero-order valence-corrected chi connectivity index (χ0v) is 10.6. The van der Waals surface area contributed by atoms with Gasteiger partial charge in [0, 0.05) is 12.2 Å². The van der Waals surface area contributed by atoms with Gasteiger partial charge in [-0.3, -0.25) is 4.79 Å². The number of hydrogen-bond donors (Lipinski definition) is 2. The standard InChI is InChI=1S/C13H20N2O2/c1-13(2,3)17-9-12(16)15-8-10-4-6-11(14)7-5-10/h4-7H,8-9,14H2,1-3H3,(H,15,16). The second-order valence-electron chi connectivity index (χ2n) is 4.92. The van der Waals surface area contributed by atoms with Crippen molar-refractivity contribution in [2.45, 2.75) is 32.9 Å². The molecule has 0 saturated heterocycles. The van der Waals surface area contributed by atoms with Crippen LogP contribution in [-0.4, -0.2) is 18.1 Å². The molecule has 4 nitrogen and oxygen atoms in total. The van der Waals surface area contributed by atoms with Crippen molar-refractivity contribution < 1.29 is 9.53 Å². The van der Waals surface area contributed by atoms with Crippen LogP contribution in [0.2, 0.25) is 0 Å². The molecule has 0 aliphatic carbocycles. The molecule has 0 atom stereocenters. The number of anilines is 1. The summed E-state index contributed by atoms with van der Waals surface area (Å²) in [4.78, 5) is 11.5. The summed E-state index contributed by atoms with van der Waals surface area (Å²) in [5, 5.41) is 2.79. The van der Waals surface area contributed by atoms with Crippen molar-refractivity contribution in [1.82, 2.24) is 5.32 Å². The van der Waals surface area contributed by atoms with Crippen LogP contribution in [0.15, 0.2) is 24.3 Å². The molecule has 1 rings (SSSR count). The molecule has 0 fully saturated rings. The lowest BCUT2D eigenvalue weighted by Crippen LogP contribution is -2.31. The van der Waals surface area contributed by atoms with Gasteiger partial charge in [-0.15, -0.1) is 0 Å². The predicted molar refractivity (Wildman–Crippen MR) is 68.4 cm³/mol. The van der Waals surface area contributed by atoms with Gasteiger partial charge in [-0.1, -0.05) is 12.1 Å². The van der Waals surface area contributed by atoms with Gasteiger partial charge in [0.05, 0.1) is 5.60 Å². The number of ether oxygens (including phenoxy) is 1. The number of nitrogens with one attached hydrogen (secondary N) is 1. The van der Waals surface area contributed by atoms with Crippen LogP contribution in [0.5, 0.6) is 0 Å². The molecule has 0 aliphatic rings. The van der Waals surface area contributed by atoms with Gasteiger partial charge in [0.25, 0.3) is 0 Å². The molecule has 0 unspecified atom stereocenters. The molecule has 1 aromatic carbocycles. The number of nitrogen functional groups attached to an aromatic ring is 1.